The summed E-state index contributed by atoms with van der Waals surface area (Å²) < 4.78 is 14.4. The summed E-state index contributed by atoms with van der Waals surface area (Å²) in [5.74, 6) is -0.274. The molecule has 0 atom stereocenters. The molecule has 2 aromatic rings. The van der Waals surface area contributed by atoms with Crippen LogP contribution < -0.4 is 5.43 Å². The van der Waals surface area contributed by atoms with Crippen LogP contribution in [-0.4, -0.2) is 11.2 Å². The van der Waals surface area contributed by atoms with Crippen LogP contribution in [0.25, 0.3) is 0 Å². The van der Waals surface area contributed by atoms with Gasteiger partial charge in [-0.05, 0) is 56.1 Å². The minimum atomic E-state index is -0.274. The number of hydrogen-bond acceptors (Lipinski definition) is 3. The molecule has 0 amide bonds. The minimum Gasteiger partial charge on any atom is -0.279 e. The van der Waals surface area contributed by atoms with Crippen molar-refractivity contribution in [3.05, 3.63) is 57.0 Å². The van der Waals surface area contributed by atoms with Crippen molar-refractivity contribution in [2.75, 3.05) is 5.43 Å². The molecule has 1 aromatic heterocycles. The Hall–Kier alpha value is -1.27. The number of rotatable bonds is 3. The maximum absolute atomic E-state index is 12.7. The van der Waals surface area contributed by atoms with E-state index in [1.165, 1.54) is 12.1 Å². The second-order valence-electron chi connectivity index (χ2n) is 3.39. The van der Waals surface area contributed by atoms with E-state index in [2.05, 4.69) is 47.4 Å². The molecule has 0 saturated carbocycles. The third-order valence-corrected chi connectivity index (χ3v) is 3.39. The minimum absolute atomic E-state index is 0.274. The first-order valence-electron chi connectivity index (χ1n) is 5.00. The summed E-state index contributed by atoms with van der Waals surface area (Å²) in [4.78, 5) is 4.00. The van der Waals surface area contributed by atoms with Crippen molar-refractivity contribution in [3.8, 4) is 0 Å². The molecule has 3 nitrogen and oxygen atoms in total. The highest BCUT2D eigenvalue weighted by Gasteiger charge is 2.01. The van der Waals surface area contributed by atoms with Crippen LogP contribution in [0, 0.1) is 5.82 Å². The van der Waals surface area contributed by atoms with Crippen LogP contribution in [0.4, 0.5) is 10.1 Å². The van der Waals surface area contributed by atoms with Crippen LogP contribution in [0.5, 0.6) is 0 Å². The Morgan fingerprint density at radius 1 is 1.11 bits per heavy atom. The Labute approximate surface area is 120 Å². The molecular formula is C12H8Br2FN3. The van der Waals surface area contributed by atoms with Gasteiger partial charge in [-0.2, -0.15) is 5.10 Å². The fourth-order valence-corrected chi connectivity index (χ4v) is 2.37. The molecule has 0 radical (unpaired) electrons. The Morgan fingerprint density at radius 3 is 2.33 bits per heavy atom. The highest BCUT2D eigenvalue weighted by molar-refractivity contribution is 9.11. The van der Waals surface area contributed by atoms with E-state index < -0.39 is 0 Å². The lowest BCUT2D eigenvalue weighted by Crippen LogP contribution is -1.93. The van der Waals surface area contributed by atoms with Crippen molar-refractivity contribution in [1.29, 1.82) is 0 Å². The molecular weight excluding hydrogens is 365 g/mol. The molecule has 1 aromatic carbocycles. The topological polar surface area (TPSA) is 37.3 Å². The molecule has 1 N–H and O–H groups in total. The predicted molar refractivity (Wildman–Crippen MR) is 77.3 cm³/mol. The third kappa shape index (κ3) is 3.36. The van der Waals surface area contributed by atoms with E-state index in [9.17, 15) is 4.39 Å². The lowest BCUT2D eigenvalue weighted by molar-refractivity contribution is 0.628. The average Bonchev–Trinajstić information content (AvgIpc) is 2.35. The van der Waals surface area contributed by atoms with Crippen molar-refractivity contribution in [3.63, 3.8) is 0 Å². The number of nitrogens with one attached hydrogen (secondary N) is 1. The fraction of sp³-hybridized carbons (Fsp3) is 0. The zero-order chi connectivity index (χ0) is 13.0. The molecule has 0 saturated heterocycles. The Kier molecular flexibility index (Phi) is 4.43. The number of pyridine rings is 1. The monoisotopic (exact) mass is 371 g/mol. The number of hydrazone groups is 1. The van der Waals surface area contributed by atoms with Gasteiger partial charge in [0.05, 0.1) is 11.9 Å². The lowest BCUT2D eigenvalue weighted by Gasteiger charge is -2.02. The summed E-state index contributed by atoms with van der Waals surface area (Å²) >= 11 is 6.76. The van der Waals surface area contributed by atoms with Gasteiger partial charge in [-0.25, -0.2) is 4.39 Å². The van der Waals surface area contributed by atoms with E-state index in [4.69, 9.17) is 0 Å². The van der Waals surface area contributed by atoms with Crippen molar-refractivity contribution in [2.24, 2.45) is 5.10 Å². The van der Waals surface area contributed by atoms with Gasteiger partial charge in [-0.15, -0.1) is 0 Å². The summed E-state index contributed by atoms with van der Waals surface area (Å²) in [6.45, 7) is 0. The first-order valence-corrected chi connectivity index (χ1v) is 6.59. The molecule has 1 heterocycles. The van der Waals surface area contributed by atoms with Crippen LogP contribution in [0.3, 0.4) is 0 Å². The second-order valence-corrected chi connectivity index (χ2v) is 5.10. The van der Waals surface area contributed by atoms with Gasteiger partial charge in [0.1, 0.15) is 5.82 Å². The van der Waals surface area contributed by atoms with Crippen molar-refractivity contribution < 1.29 is 4.39 Å². The fourth-order valence-electron chi connectivity index (χ4n) is 1.24. The summed E-state index contributed by atoms with van der Waals surface area (Å²) in [6, 6.07) is 5.97. The number of nitrogens with zero attached hydrogens (tertiary/aromatic N) is 2. The van der Waals surface area contributed by atoms with E-state index in [1.54, 1.807) is 30.7 Å². The highest BCUT2D eigenvalue weighted by atomic mass is 79.9. The van der Waals surface area contributed by atoms with Crippen molar-refractivity contribution >= 4 is 43.8 Å². The predicted octanol–water partition coefficient (Wildman–Crippen LogP) is 4.19. The molecule has 0 aliphatic heterocycles. The molecule has 92 valence electrons. The molecule has 0 spiro atoms. The molecule has 0 aliphatic rings. The van der Waals surface area contributed by atoms with Gasteiger partial charge in [0.15, 0.2) is 0 Å². The highest BCUT2D eigenvalue weighted by Crippen LogP contribution is 2.21. The maximum Gasteiger partial charge on any atom is 0.123 e. The zero-order valence-corrected chi connectivity index (χ0v) is 12.2. The summed E-state index contributed by atoms with van der Waals surface area (Å²) in [5, 5.41) is 4.08. The summed E-state index contributed by atoms with van der Waals surface area (Å²) in [7, 11) is 0. The van der Waals surface area contributed by atoms with Crippen molar-refractivity contribution in [2.45, 2.75) is 0 Å². The number of halogens is 3. The van der Waals surface area contributed by atoms with Gasteiger partial charge in [0, 0.05) is 26.9 Å². The molecule has 0 aliphatic carbocycles. The van der Waals surface area contributed by atoms with E-state index in [1.807, 2.05) is 0 Å². The van der Waals surface area contributed by atoms with Crippen LogP contribution in [0.2, 0.25) is 0 Å². The summed E-state index contributed by atoms with van der Waals surface area (Å²) in [6.07, 6.45) is 5.02. The van der Waals surface area contributed by atoms with Gasteiger partial charge in [0.25, 0.3) is 0 Å². The number of aromatic nitrogens is 1. The summed E-state index contributed by atoms with van der Waals surface area (Å²) in [5.41, 5.74) is 4.41. The standard InChI is InChI=1S/C12H8Br2FN3/c13-11-6-16-7-12(14)10(11)5-17-18-9-3-1-8(15)2-4-9/h1-7,18H/b17-5-. The third-order valence-electron chi connectivity index (χ3n) is 2.12. The van der Waals surface area contributed by atoms with Crippen LogP contribution >= 0.6 is 31.9 Å². The molecule has 18 heavy (non-hydrogen) atoms. The van der Waals surface area contributed by atoms with Crippen LogP contribution in [-0.2, 0) is 0 Å². The molecule has 6 heteroatoms. The first kappa shape index (κ1) is 13.2. The quantitative estimate of drug-likeness (QED) is 0.647. The van der Waals surface area contributed by atoms with Gasteiger partial charge < -0.3 is 0 Å². The number of benzene rings is 1. The van der Waals surface area contributed by atoms with E-state index in [0.29, 0.717) is 5.69 Å². The lowest BCUT2D eigenvalue weighted by atomic mass is 10.3. The zero-order valence-electron chi connectivity index (χ0n) is 9.07. The van der Waals surface area contributed by atoms with Crippen LogP contribution in [0.15, 0.2) is 50.7 Å². The molecule has 0 bridgehead atoms. The van der Waals surface area contributed by atoms with Gasteiger partial charge in [-0.3, -0.25) is 10.4 Å². The Bertz CT molecular complexity index is 550. The largest absolute Gasteiger partial charge is 0.279 e. The molecule has 0 unspecified atom stereocenters. The first-order chi connectivity index (χ1) is 8.66. The smallest absolute Gasteiger partial charge is 0.123 e. The van der Waals surface area contributed by atoms with Gasteiger partial charge in [0.2, 0.25) is 0 Å². The van der Waals surface area contributed by atoms with Crippen LogP contribution in [0.1, 0.15) is 5.56 Å². The maximum atomic E-state index is 12.7. The normalized spacial score (nSPS) is 10.8. The Morgan fingerprint density at radius 2 is 1.72 bits per heavy atom. The Balaban J connectivity index is 2.10. The molecule has 0 fully saturated rings. The van der Waals surface area contributed by atoms with E-state index >= 15 is 0 Å². The number of hydrogen-bond donors (Lipinski definition) is 1. The molecule has 2 rings (SSSR count). The van der Waals surface area contributed by atoms with Gasteiger partial charge in [-0.1, -0.05) is 0 Å². The van der Waals surface area contributed by atoms with E-state index in [-0.39, 0.29) is 5.82 Å². The van der Waals surface area contributed by atoms with Crippen molar-refractivity contribution in [1.82, 2.24) is 4.98 Å². The average molecular weight is 373 g/mol. The SMILES string of the molecule is Fc1ccc(N/N=C\c2c(Br)cncc2Br)cc1. The second kappa shape index (κ2) is 6.06. The number of anilines is 1. The van der Waals surface area contributed by atoms with E-state index in [0.717, 1.165) is 14.5 Å². The van der Waals surface area contributed by atoms with Gasteiger partial charge >= 0.3 is 0 Å².